The van der Waals surface area contributed by atoms with Gasteiger partial charge in [-0.3, -0.25) is 4.79 Å². The molecule has 0 saturated heterocycles. The SMILES string of the molecule is CCCC(O)c1cccc(C2(C(=O)O)CC2)c1. The molecule has 0 amide bonds. The van der Waals surface area contributed by atoms with Crippen LogP contribution < -0.4 is 0 Å². The third-order valence-corrected chi connectivity index (χ3v) is 3.55. The van der Waals surface area contributed by atoms with Crippen molar-refractivity contribution < 1.29 is 15.0 Å². The summed E-state index contributed by atoms with van der Waals surface area (Å²) in [6.45, 7) is 2.02. The predicted octanol–water partition coefficient (Wildman–Crippen LogP) is 2.64. The first-order valence-corrected chi connectivity index (χ1v) is 6.12. The van der Waals surface area contributed by atoms with Gasteiger partial charge in [-0.15, -0.1) is 0 Å². The van der Waals surface area contributed by atoms with Gasteiger partial charge in [0.2, 0.25) is 0 Å². The highest BCUT2D eigenvalue weighted by atomic mass is 16.4. The number of aliphatic carboxylic acids is 1. The minimum atomic E-state index is -0.750. The number of benzene rings is 1. The van der Waals surface area contributed by atoms with Crippen molar-refractivity contribution in [1.82, 2.24) is 0 Å². The Bertz CT molecular complexity index is 421. The fourth-order valence-electron chi connectivity index (χ4n) is 2.23. The summed E-state index contributed by atoms with van der Waals surface area (Å²) in [7, 11) is 0. The Morgan fingerprint density at radius 2 is 2.18 bits per heavy atom. The fourth-order valence-corrected chi connectivity index (χ4v) is 2.23. The molecule has 2 rings (SSSR count). The maximum Gasteiger partial charge on any atom is 0.314 e. The molecular weight excluding hydrogens is 216 g/mol. The van der Waals surface area contributed by atoms with E-state index in [4.69, 9.17) is 0 Å². The maximum atomic E-state index is 11.2. The van der Waals surface area contributed by atoms with Crippen LogP contribution in [-0.2, 0) is 10.2 Å². The van der Waals surface area contributed by atoms with E-state index < -0.39 is 17.5 Å². The lowest BCUT2D eigenvalue weighted by Crippen LogP contribution is -2.19. The van der Waals surface area contributed by atoms with Crippen LogP contribution in [-0.4, -0.2) is 16.2 Å². The van der Waals surface area contributed by atoms with Crippen LogP contribution >= 0.6 is 0 Å². The Hall–Kier alpha value is -1.35. The number of aliphatic hydroxyl groups excluding tert-OH is 1. The number of hydrogen-bond donors (Lipinski definition) is 2. The molecule has 1 aromatic carbocycles. The van der Waals surface area contributed by atoms with Crippen molar-refractivity contribution in [2.45, 2.75) is 44.1 Å². The molecule has 3 heteroatoms. The van der Waals surface area contributed by atoms with E-state index >= 15 is 0 Å². The monoisotopic (exact) mass is 234 g/mol. The minimum Gasteiger partial charge on any atom is -0.481 e. The molecule has 1 aliphatic carbocycles. The van der Waals surface area contributed by atoms with Gasteiger partial charge in [0.25, 0.3) is 0 Å². The summed E-state index contributed by atoms with van der Waals surface area (Å²) in [4.78, 5) is 11.2. The molecule has 92 valence electrons. The highest BCUT2D eigenvalue weighted by Crippen LogP contribution is 2.48. The number of carbonyl (C=O) groups is 1. The Labute approximate surface area is 101 Å². The molecule has 1 unspecified atom stereocenters. The Kier molecular flexibility index (Phi) is 3.20. The number of carboxylic acids is 1. The van der Waals surface area contributed by atoms with Crippen molar-refractivity contribution in [2.75, 3.05) is 0 Å². The molecule has 0 radical (unpaired) electrons. The van der Waals surface area contributed by atoms with E-state index in [0.717, 1.165) is 17.5 Å². The zero-order valence-corrected chi connectivity index (χ0v) is 10.0. The molecule has 1 atom stereocenters. The lowest BCUT2D eigenvalue weighted by Gasteiger charge is -2.14. The lowest BCUT2D eigenvalue weighted by atomic mass is 9.92. The highest BCUT2D eigenvalue weighted by molar-refractivity contribution is 5.84. The summed E-state index contributed by atoms with van der Waals surface area (Å²) in [5, 5.41) is 19.1. The second-order valence-corrected chi connectivity index (χ2v) is 4.82. The maximum absolute atomic E-state index is 11.2. The van der Waals surface area contributed by atoms with Gasteiger partial charge in [-0.05, 0) is 30.4 Å². The van der Waals surface area contributed by atoms with E-state index in [0.29, 0.717) is 19.3 Å². The molecular formula is C14H18O3. The van der Waals surface area contributed by atoms with Crippen LogP contribution in [0.4, 0.5) is 0 Å². The van der Waals surface area contributed by atoms with Crippen LogP contribution in [0, 0.1) is 0 Å². The molecule has 0 aromatic heterocycles. The Balaban J connectivity index is 2.26. The van der Waals surface area contributed by atoms with Crippen molar-refractivity contribution in [3.05, 3.63) is 35.4 Å². The first kappa shape index (κ1) is 12.1. The molecule has 0 bridgehead atoms. The quantitative estimate of drug-likeness (QED) is 0.823. The molecule has 3 nitrogen and oxygen atoms in total. The van der Waals surface area contributed by atoms with Crippen molar-refractivity contribution in [1.29, 1.82) is 0 Å². The van der Waals surface area contributed by atoms with Crippen LogP contribution in [0.2, 0.25) is 0 Å². The Morgan fingerprint density at radius 1 is 1.47 bits per heavy atom. The number of aliphatic hydroxyl groups is 1. The fraction of sp³-hybridized carbons (Fsp3) is 0.500. The third kappa shape index (κ3) is 2.20. The normalized spacial score (nSPS) is 18.7. The van der Waals surface area contributed by atoms with Crippen molar-refractivity contribution in [3.63, 3.8) is 0 Å². The van der Waals surface area contributed by atoms with E-state index in [2.05, 4.69) is 0 Å². The van der Waals surface area contributed by atoms with E-state index in [9.17, 15) is 15.0 Å². The molecule has 1 aromatic rings. The molecule has 1 aliphatic rings. The smallest absolute Gasteiger partial charge is 0.314 e. The van der Waals surface area contributed by atoms with Crippen LogP contribution in [0.5, 0.6) is 0 Å². The van der Waals surface area contributed by atoms with Gasteiger partial charge in [0.05, 0.1) is 11.5 Å². The van der Waals surface area contributed by atoms with Crippen LogP contribution in [0.3, 0.4) is 0 Å². The third-order valence-electron chi connectivity index (χ3n) is 3.55. The molecule has 0 heterocycles. The summed E-state index contributed by atoms with van der Waals surface area (Å²) in [6.07, 6.45) is 2.55. The van der Waals surface area contributed by atoms with Crippen molar-refractivity contribution in [3.8, 4) is 0 Å². The van der Waals surface area contributed by atoms with E-state index in [1.165, 1.54) is 0 Å². The summed E-state index contributed by atoms with van der Waals surface area (Å²) < 4.78 is 0. The first-order valence-electron chi connectivity index (χ1n) is 6.12. The summed E-state index contributed by atoms with van der Waals surface area (Å²) in [5.41, 5.74) is 0.983. The second kappa shape index (κ2) is 4.49. The summed E-state index contributed by atoms with van der Waals surface area (Å²) in [6, 6.07) is 7.40. The van der Waals surface area contributed by atoms with Gasteiger partial charge in [-0.2, -0.15) is 0 Å². The zero-order valence-electron chi connectivity index (χ0n) is 10.0. The summed E-state index contributed by atoms with van der Waals surface area (Å²) >= 11 is 0. The van der Waals surface area contributed by atoms with Gasteiger partial charge >= 0.3 is 5.97 Å². The van der Waals surface area contributed by atoms with Gasteiger partial charge in [0, 0.05) is 0 Å². The molecule has 0 spiro atoms. The van der Waals surface area contributed by atoms with Crippen LogP contribution in [0.15, 0.2) is 24.3 Å². The standard InChI is InChI=1S/C14H18O3/c1-2-4-12(15)10-5-3-6-11(9-10)14(7-8-14)13(16)17/h3,5-6,9,12,15H,2,4,7-8H2,1H3,(H,16,17). The minimum absolute atomic E-state index is 0.482. The van der Waals surface area contributed by atoms with Gasteiger partial charge in [-0.25, -0.2) is 0 Å². The van der Waals surface area contributed by atoms with Crippen molar-refractivity contribution >= 4 is 5.97 Å². The molecule has 1 saturated carbocycles. The van der Waals surface area contributed by atoms with Gasteiger partial charge in [0.15, 0.2) is 0 Å². The average Bonchev–Trinajstić information content (AvgIpc) is 3.11. The second-order valence-electron chi connectivity index (χ2n) is 4.82. The van der Waals surface area contributed by atoms with E-state index in [1.54, 1.807) is 0 Å². The van der Waals surface area contributed by atoms with E-state index in [-0.39, 0.29) is 0 Å². The van der Waals surface area contributed by atoms with Gasteiger partial charge in [-0.1, -0.05) is 37.6 Å². The highest BCUT2D eigenvalue weighted by Gasteiger charge is 2.51. The largest absolute Gasteiger partial charge is 0.481 e. The van der Waals surface area contributed by atoms with E-state index in [1.807, 2.05) is 31.2 Å². The first-order chi connectivity index (χ1) is 8.10. The van der Waals surface area contributed by atoms with Crippen molar-refractivity contribution in [2.24, 2.45) is 0 Å². The van der Waals surface area contributed by atoms with Crippen LogP contribution in [0.25, 0.3) is 0 Å². The molecule has 1 fully saturated rings. The molecule has 0 aliphatic heterocycles. The lowest BCUT2D eigenvalue weighted by molar-refractivity contribution is -0.140. The van der Waals surface area contributed by atoms with Gasteiger partial charge in [0.1, 0.15) is 0 Å². The molecule has 2 N–H and O–H groups in total. The Morgan fingerprint density at radius 3 is 2.71 bits per heavy atom. The predicted molar refractivity (Wildman–Crippen MR) is 64.9 cm³/mol. The van der Waals surface area contributed by atoms with Crippen LogP contribution in [0.1, 0.15) is 49.8 Å². The molecule has 17 heavy (non-hydrogen) atoms. The average molecular weight is 234 g/mol. The number of carboxylic acid groups (broad SMARTS) is 1. The topological polar surface area (TPSA) is 57.5 Å². The van der Waals surface area contributed by atoms with Gasteiger partial charge < -0.3 is 10.2 Å². The zero-order chi connectivity index (χ0) is 12.5. The number of hydrogen-bond acceptors (Lipinski definition) is 2. The summed E-state index contributed by atoms with van der Waals surface area (Å²) in [5.74, 6) is -0.750. The number of rotatable bonds is 5.